The van der Waals surface area contributed by atoms with E-state index in [1.807, 2.05) is 0 Å². The summed E-state index contributed by atoms with van der Waals surface area (Å²) in [6, 6.07) is 3.89. The molecule has 0 bridgehead atoms. The zero-order chi connectivity index (χ0) is 26.4. The first-order valence-electron chi connectivity index (χ1n) is 11.4. The third-order valence-corrected chi connectivity index (χ3v) is 5.87. The molecule has 1 aromatic heterocycles. The lowest BCUT2D eigenvalue weighted by atomic mass is 10.0. The van der Waals surface area contributed by atoms with Gasteiger partial charge in [0, 0.05) is 19.2 Å². The van der Waals surface area contributed by atoms with Crippen LogP contribution in [-0.4, -0.2) is 50.0 Å². The van der Waals surface area contributed by atoms with Crippen molar-refractivity contribution in [3.8, 4) is 0 Å². The Morgan fingerprint density at radius 2 is 1.78 bits per heavy atom. The number of nitrogens with two attached hydrogens (primary N) is 2. The number of Topliss-reactive ketones (excluding diaryl/α,β-unsaturated/α-hetero) is 1. The van der Waals surface area contributed by atoms with Gasteiger partial charge in [0.15, 0.2) is 6.04 Å². The van der Waals surface area contributed by atoms with Crippen molar-refractivity contribution < 1.29 is 19.2 Å². The maximum atomic E-state index is 13.1. The van der Waals surface area contributed by atoms with Gasteiger partial charge >= 0.3 is 11.4 Å². The third-order valence-electron chi connectivity index (χ3n) is 5.87. The van der Waals surface area contributed by atoms with E-state index in [2.05, 4.69) is 10.6 Å². The van der Waals surface area contributed by atoms with Crippen LogP contribution < -0.4 is 33.5 Å². The van der Waals surface area contributed by atoms with Crippen molar-refractivity contribution in [2.75, 3.05) is 6.54 Å². The van der Waals surface area contributed by atoms with E-state index >= 15 is 0 Å². The van der Waals surface area contributed by atoms with Gasteiger partial charge in [0.1, 0.15) is 0 Å². The van der Waals surface area contributed by atoms with E-state index in [4.69, 9.17) is 11.5 Å². The molecule has 2 atom stereocenters. The molecule has 13 heteroatoms. The molecule has 2 aromatic rings. The number of unbranched alkanes of at least 4 members (excludes halogenated alkanes) is 1. The van der Waals surface area contributed by atoms with Gasteiger partial charge in [-0.3, -0.25) is 19.2 Å². The number of nitrogens with one attached hydrogen (secondary N) is 2. The fraction of sp³-hybridized carbons (Fsp3) is 0.391. The second kappa shape index (κ2) is 11.4. The summed E-state index contributed by atoms with van der Waals surface area (Å²) in [5.74, 6) is -3.04. The van der Waals surface area contributed by atoms with Crippen LogP contribution >= 0.6 is 0 Å². The first-order valence-corrected chi connectivity index (χ1v) is 11.4. The number of rotatable bonds is 11. The van der Waals surface area contributed by atoms with Crippen LogP contribution in [-0.2, 0) is 34.5 Å². The lowest BCUT2D eigenvalue weighted by Crippen LogP contribution is -2.50. The van der Waals surface area contributed by atoms with Crippen LogP contribution in [0, 0.1) is 0 Å². The summed E-state index contributed by atoms with van der Waals surface area (Å²) in [7, 11) is 1.31. The topological polar surface area (TPSA) is 193 Å². The van der Waals surface area contributed by atoms with E-state index in [1.54, 1.807) is 18.2 Å². The van der Waals surface area contributed by atoms with Crippen molar-refractivity contribution in [3.63, 3.8) is 0 Å². The van der Waals surface area contributed by atoms with Crippen molar-refractivity contribution in [1.82, 2.24) is 24.6 Å². The summed E-state index contributed by atoms with van der Waals surface area (Å²) in [6.45, 7) is 0.518. The molecule has 6 N–H and O–H groups in total. The van der Waals surface area contributed by atoms with E-state index in [0.29, 0.717) is 30.5 Å². The van der Waals surface area contributed by atoms with E-state index in [9.17, 15) is 28.8 Å². The number of aromatic nitrogens is 3. The Hall–Kier alpha value is -4.26. The van der Waals surface area contributed by atoms with Crippen molar-refractivity contribution in [3.05, 3.63) is 68.5 Å². The van der Waals surface area contributed by atoms with Crippen LogP contribution in [0.15, 0.2) is 46.0 Å². The number of benzene rings is 1. The molecule has 1 aromatic carbocycles. The molecule has 13 nitrogen and oxygen atoms in total. The highest BCUT2D eigenvalue weighted by molar-refractivity contribution is 6.38. The highest BCUT2D eigenvalue weighted by Gasteiger charge is 2.32. The molecule has 0 aliphatic carbocycles. The fourth-order valence-electron chi connectivity index (χ4n) is 3.84. The van der Waals surface area contributed by atoms with Crippen molar-refractivity contribution in [1.29, 1.82) is 0 Å². The maximum absolute atomic E-state index is 13.1. The number of carbonyl (C=O) groups excluding carboxylic acids is 4. The highest BCUT2D eigenvalue weighted by atomic mass is 16.2. The summed E-state index contributed by atoms with van der Waals surface area (Å²) in [4.78, 5) is 74.5. The summed E-state index contributed by atoms with van der Waals surface area (Å²) in [5, 5.41) is 5.07. The Morgan fingerprint density at radius 3 is 2.42 bits per heavy atom. The van der Waals surface area contributed by atoms with Gasteiger partial charge in [0.05, 0.1) is 12.6 Å². The molecular formula is C23H29N7O6. The SMILES string of the molecule is Cn1c(=O)n2n(c1=O)C(C(=O)NC(CCCCN)C(=O)C(=O)NCc1ccc(C(N)=O)cc1)C=CC2. The number of nitrogens with zero attached hydrogens (tertiary/aromatic N) is 3. The summed E-state index contributed by atoms with van der Waals surface area (Å²) < 4.78 is 3.05. The average molecular weight is 500 g/mol. The van der Waals surface area contributed by atoms with Gasteiger partial charge in [0.25, 0.3) is 5.91 Å². The molecule has 0 spiro atoms. The molecule has 2 heterocycles. The van der Waals surface area contributed by atoms with Crippen LogP contribution in [0.2, 0.25) is 0 Å². The molecule has 0 saturated carbocycles. The number of primary amides is 1. The minimum absolute atomic E-state index is 0.0180. The van der Waals surface area contributed by atoms with E-state index in [0.717, 1.165) is 13.9 Å². The molecule has 1 aliphatic heterocycles. The Labute approximate surface area is 205 Å². The summed E-state index contributed by atoms with van der Waals surface area (Å²) >= 11 is 0. The molecule has 0 saturated heterocycles. The quantitative estimate of drug-likeness (QED) is 0.157. The van der Waals surface area contributed by atoms with Gasteiger partial charge in [-0.15, -0.1) is 0 Å². The number of amides is 3. The van der Waals surface area contributed by atoms with Gasteiger partial charge in [-0.1, -0.05) is 24.3 Å². The van der Waals surface area contributed by atoms with Crippen LogP contribution in [0.3, 0.4) is 0 Å². The molecular weight excluding hydrogens is 470 g/mol. The van der Waals surface area contributed by atoms with Crippen LogP contribution in [0.4, 0.5) is 0 Å². The van der Waals surface area contributed by atoms with Crippen molar-refractivity contribution >= 4 is 23.5 Å². The minimum atomic E-state index is -1.16. The standard InChI is InChI=1S/C23H29N7O6/c1-28-22(35)29-12-4-6-17(30(29)23(28)36)20(33)27-16(5-2-3-11-24)18(31)21(34)26-13-14-7-9-15(10-8-14)19(25)32/h4,6-10,16-17H,2-3,5,11-13,24H2,1H3,(H2,25,32)(H,26,34)(H,27,33). The Balaban J connectivity index is 1.72. The number of carbonyl (C=O) groups is 4. The average Bonchev–Trinajstić information content (AvgIpc) is 3.10. The number of allylic oxidation sites excluding steroid dienone is 1. The summed E-state index contributed by atoms with van der Waals surface area (Å²) in [5.41, 5.74) is 10.5. The van der Waals surface area contributed by atoms with Crippen molar-refractivity contribution in [2.24, 2.45) is 18.5 Å². The van der Waals surface area contributed by atoms with E-state index in [-0.39, 0.29) is 19.5 Å². The highest BCUT2D eigenvalue weighted by Crippen LogP contribution is 2.12. The van der Waals surface area contributed by atoms with Gasteiger partial charge in [-0.05, 0) is 43.5 Å². The molecule has 3 rings (SSSR count). The van der Waals surface area contributed by atoms with E-state index < -0.39 is 47.0 Å². The smallest absolute Gasteiger partial charge is 0.347 e. The molecule has 3 amide bonds. The molecule has 2 unspecified atom stereocenters. The molecule has 1 aliphatic rings. The molecule has 0 fully saturated rings. The Morgan fingerprint density at radius 1 is 1.08 bits per heavy atom. The van der Waals surface area contributed by atoms with Crippen LogP contribution in [0.25, 0.3) is 0 Å². The van der Waals surface area contributed by atoms with Gasteiger partial charge in [-0.25, -0.2) is 23.5 Å². The lowest BCUT2D eigenvalue weighted by Gasteiger charge is -2.23. The predicted octanol–water partition coefficient (Wildman–Crippen LogP) is -1.94. The van der Waals surface area contributed by atoms with Gasteiger partial charge in [-0.2, -0.15) is 0 Å². The predicted molar refractivity (Wildman–Crippen MR) is 129 cm³/mol. The Bertz CT molecular complexity index is 1300. The maximum Gasteiger partial charge on any atom is 0.347 e. The number of fused-ring (bicyclic) bond motifs is 1. The lowest BCUT2D eigenvalue weighted by molar-refractivity contribution is -0.140. The van der Waals surface area contributed by atoms with Crippen LogP contribution in [0.5, 0.6) is 0 Å². The monoisotopic (exact) mass is 499 g/mol. The normalized spacial score (nSPS) is 15.1. The molecule has 36 heavy (non-hydrogen) atoms. The first-order chi connectivity index (χ1) is 17.1. The second-order valence-corrected chi connectivity index (χ2v) is 8.38. The molecule has 192 valence electrons. The van der Waals surface area contributed by atoms with Crippen LogP contribution in [0.1, 0.15) is 41.2 Å². The second-order valence-electron chi connectivity index (χ2n) is 8.38. The fourth-order valence-corrected chi connectivity index (χ4v) is 3.84. The molecule has 0 radical (unpaired) electrons. The zero-order valence-electron chi connectivity index (χ0n) is 19.8. The number of hydrogen-bond donors (Lipinski definition) is 4. The first kappa shape index (κ1) is 26.3. The van der Waals surface area contributed by atoms with Gasteiger partial charge in [0.2, 0.25) is 17.6 Å². The minimum Gasteiger partial charge on any atom is -0.366 e. The van der Waals surface area contributed by atoms with E-state index in [1.165, 1.54) is 25.3 Å². The Kier molecular flexibility index (Phi) is 8.38. The zero-order valence-corrected chi connectivity index (χ0v) is 19.8. The largest absolute Gasteiger partial charge is 0.366 e. The summed E-state index contributed by atoms with van der Waals surface area (Å²) in [6.07, 6.45) is 4.26. The number of hydrogen-bond acceptors (Lipinski definition) is 7. The number of ketones is 1. The van der Waals surface area contributed by atoms with Gasteiger partial charge < -0.3 is 22.1 Å². The van der Waals surface area contributed by atoms with Crippen molar-refractivity contribution in [2.45, 2.75) is 44.4 Å². The third kappa shape index (κ3) is 5.68.